The van der Waals surface area contributed by atoms with Gasteiger partial charge in [0, 0.05) is 78.4 Å². The minimum absolute atomic E-state index is 0.681. The van der Waals surface area contributed by atoms with Gasteiger partial charge >= 0.3 is 0 Å². The van der Waals surface area contributed by atoms with Crippen molar-refractivity contribution in [2.24, 2.45) is 0 Å². The van der Waals surface area contributed by atoms with E-state index in [1.54, 1.807) is 12.4 Å². The van der Waals surface area contributed by atoms with Crippen molar-refractivity contribution in [1.82, 2.24) is 34.9 Å². The Morgan fingerprint density at radius 2 is 1.00 bits per heavy atom. The molecule has 11 rings (SSSR count). The number of aromatic nitrogens is 7. The maximum atomic E-state index is 6.65. The van der Waals surface area contributed by atoms with Gasteiger partial charge in [-0.05, 0) is 74.0 Å². The van der Waals surface area contributed by atoms with Gasteiger partial charge in [-0.1, -0.05) is 72.3 Å². The van der Waals surface area contributed by atoms with Crippen LogP contribution in [0.2, 0.25) is 5.02 Å². The molecule has 2 saturated heterocycles. The SMILES string of the molecule is Cc1c(-c2ccccn2)nc2c(-c3ccccn3)cccc2c1Cl.Cc1c(-c2ccccn2)nc2c(-c3ccccn3)cccc2c1Nc1cc(N2CCOCC2)cnc1N1CCOCC1. The maximum Gasteiger partial charge on any atom is 0.152 e. The lowest BCUT2D eigenvalue weighted by atomic mass is 10.00. The molecule has 0 amide bonds. The molecule has 0 atom stereocenters. The molecule has 7 aromatic heterocycles. The smallest absolute Gasteiger partial charge is 0.152 e. The predicted molar refractivity (Wildman–Crippen MR) is 264 cm³/mol. The Kier molecular flexibility index (Phi) is 12.5. The Morgan fingerprint density at radius 1 is 0.515 bits per heavy atom. The number of para-hydroxylation sites is 2. The van der Waals surface area contributed by atoms with Crippen molar-refractivity contribution in [3.05, 3.63) is 162 Å². The Bertz CT molecular complexity index is 3120. The Labute approximate surface area is 388 Å². The summed E-state index contributed by atoms with van der Waals surface area (Å²) in [5.74, 6) is 0.917. The molecule has 2 aliphatic rings. The van der Waals surface area contributed by atoms with Gasteiger partial charge in [0.25, 0.3) is 0 Å². The lowest BCUT2D eigenvalue weighted by Gasteiger charge is -2.32. The standard InChI is InChI=1S/C33H33N7O2.C20H14ClN3/c1-23-30(37-29-21-24(39-13-17-41-18-14-39)22-36-33(29)40-15-19-42-20-16-40)26-8-6-7-25(27-9-2-4-11-34-27)32(26)38-31(23)28-10-3-5-12-35-28;1-13-18(21)15-8-6-7-14(16-9-2-4-11-22-16)20(15)24-19(13)17-10-3-5-12-23-17/h2-12,21-22H,13-20H2,1H3,(H,37,38);2-12H,1H3. The van der Waals surface area contributed by atoms with Crippen molar-refractivity contribution in [2.45, 2.75) is 13.8 Å². The highest BCUT2D eigenvalue weighted by Gasteiger charge is 2.23. The average Bonchev–Trinajstić information content (AvgIpc) is 3.39. The molecule has 0 aliphatic carbocycles. The summed E-state index contributed by atoms with van der Waals surface area (Å²) in [6, 6.07) is 38.0. The van der Waals surface area contributed by atoms with E-state index in [4.69, 9.17) is 36.0 Å². The molecule has 12 nitrogen and oxygen atoms in total. The third-order valence-electron chi connectivity index (χ3n) is 11.9. The van der Waals surface area contributed by atoms with Crippen molar-refractivity contribution in [3.63, 3.8) is 0 Å². The summed E-state index contributed by atoms with van der Waals surface area (Å²) in [5, 5.41) is 6.51. The van der Waals surface area contributed by atoms with E-state index in [-0.39, 0.29) is 0 Å². The predicted octanol–water partition coefficient (Wildman–Crippen LogP) is 10.8. The normalized spacial score (nSPS) is 13.9. The number of benzene rings is 2. The summed E-state index contributed by atoms with van der Waals surface area (Å²) in [4.78, 5) is 38.0. The van der Waals surface area contributed by atoms with Gasteiger partial charge in [0.2, 0.25) is 0 Å². The molecule has 66 heavy (non-hydrogen) atoms. The number of anilines is 4. The number of morpholine rings is 2. The minimum atomic E-state index is 0.681. The number of hydrogen-bond donors (Lipinski definition) is 1. The lowest BCUT2D eigenvalue weighted by Crippen LogP contribution is -2.38. The molecule has 9 aromatic rings. The van der Waals surface area contributed by atoms with Crippen LogP contribution in [0, 0.1) is 13.8 Å². The lowest BCUT2D eigenvalue weighted by molar-refractivity contribution is 0.122. The highest BCUT2D eigenvalue weighted by atomic mass is 35.5. The molecule has 0 saturated carbocycles. The van der Waals surface area contributed by atoms with Gasteiger partial charge in [0.15, 0.2) is 5.82 Å². The first-order valence-electron chi connectivity index (χ1n) is 22.1. The number of nitrogens with zero attached hydrogens (tertiary/aromatic N) is 9. The molecule has 1 N–H and O–H groups in total. The van der Waals surface area contributed by atoms with E-state index in [1.807, 2.05) is 117 Å². The molecule has 13 heteroatoms. The molecule has 9 heterocycles. The molecule has 0 unspecified atom stereocenters. The number of rotatable bonds is 8. The molecule has 0 spiro atoms. The van der Waals surface area contributed by atoms with Crippen LogP contribution in [-0.2, 0) is 9.47 Å². The first-order valence-corrected chi connectivity index (χ1v) is 22.5. The number of pyridine rings is 7. The molecule has 0 radical (unpaired) electrons. The summed E-state index contributed by atoms with van der Waals surface area (Å²) >= 11 is 6.65. The topological polar surface area (TPSA) is 127 Å². The first-order chi connectivity index (χ1) is 32.5. The maximum absolute atomic E-state index is 6.65. The van der Waals surface area contributed by atoms with Crippen LogP contribution >= 0.6 is 11.6 Å². The number of nitrogens with one attached hydrogen (secondary N) is 1. The van der Waals surface area contributed by atoms with Crippen LogP contribution in [0.25, 0.3) is 67.1 Å². The van der Waals surface area contributed by atoms with E-state index < -0.39 is 0 Å². The summed E-state index contributed by atoms with van der Waals surface area (Å²) in [6.07, 6.45) is 9.16. The molecule has 0 bridgehead atoms. The molecular formula is C53H47ClN10O2. The van der Waals surface area contributed by atoms with Gasteiger partial charge in [0.05, 0.1) is 99.9 Å². The summed E-state index contributed by atoms with van der Waals surface area (Å²) in [7, 11) is 0. The van der Waals surface area contributed by atoms with Crippen LogP contribution in [0.15, 0.2) is 146 Å². The van der Waals surface area contributed by atoms with Gasteiger partial charge in [-0.2, -0.15) is 0 Å². The van der Waals surface area contributed by atoms with Crippen LogP contribution in [0.1, 0.15) is 11.1 Å². The number of hydrogen-bond acceptors (Lipinski definition) is 12. The fourth-order valence-corrected chi connectivity index (χ4v) is 8.78. The number of fused-ring (bicyclic) bond motifs is 2. The van der Waals surface area contributed by atoms with Crippen LogP contribution in [0.5, 0.6) is 0 Å². The highest BCUT2D eigenvalue weighted by molar-refractivity contribution is 6.36. The molecule has 2 fully saturated rings. The molecule has 328 valence electrons. The number of halogens is 1. The van der Waals surface area contributed by atoms with Crippen molar-refractivity contribution in [2.75, 3.05) is 67.7 Å². The van der Waals surface area contributed by atoms with Gasteiger partial charge in [-0.15, -0.1) is 0 Å². The van der Waals surface area contributed by atoms with Crippen LogP contribution < -0.4 is 15.1 Å². The monoisotopic (exact) mass is 890 g/mol. The quantitative estimate of drug-likeness (QED) is 0.156. The third kappa shape index (κ3) is 8.73. The van der Waals surface area contributed by atoms with Gasteiger partial charge < -0.3 is 24.6 Å². The van der Waals surface area contributed by atoms with E-state index in [9.17, 15) is 0 Å². The van der Waals surface area contributed by atoms with E-state index in [0.717, 1.165) is 127 Å². The second-order valence-electron chi connectivity index (χ2n) is 16.0. The molecule has 2 aliphatic heterocycles. The zero-order chi connectivity index (χ0) is 44.8. The molecular weight excluding hydrogens is 844 g/mol. The summed E-state index contributed by atoms with van der Waals surface area (Å²) in [5.41, 5.74) is 13.6. The fourth-order valence-electron chi connectivity index (χ4n) is 8.54. The van der Waals surface area contributed by atoms with Gasteiger partial charge in [-0.3, -0.25) is 19.9 Å². The van der Waals surface area contributed by atoms with Crippen molar-refractivity contribution in [3.8, 4) is 45.3 Å². The van der Waals surface area contributed by atoms with Gasteiger partial charge in [0.1, 0.15) is 0 Å². The van der Waals surface area contributed by atoms with E-state index in [1.165, 1.54) is 0 Å². The summed E-state index contributed by atoms with van der Waals surface area (Å²) < 4.78 is 11.3. The van der Waals surface area contributed by atoms with Crippen molar-refractivity contribution in [1.29, 1.82) is 0 Å². The first kappa shape index (κ1) is 42.6. The average molecular weight is 891 g/mol. The second kappa shape index (κ2) is 19.4. The summed E-state index contributed by atoms with van der Waals surface area (Å²) in [6.45, 7) is 10.1. The fraction of sp³-hybridized carbons (Fsp3) is 0.189. The van der Waals surface area contributed by atoms with Crippen molar-refractivity contribution < 1.29 is 9.47 Å². The zero-order valence-electron chi connectivity index (χ0n) is 36.7. The molecule has 2 aromatic carbocycles. The Morgan fingerprint density at radius 3 is 1.53 bits per heavy atom. The van der Waals surface area contributed by atoms with Crippen LogP contribution in [0.3, 0.4) is 0 Å². The van der Waals surface area contributed by atoms with E-state index in [0.29, 0.717) is 31.5 Å². The van der Waals surface area contributed by atoms with E-state index in [2.05, 4.69) is 66.2 Å². The van der Waals surface area contributed by atoms with Crippen LogP contribution in [0.4, 0.5) is 22.9 Å². The number of ether oxygens (including phenoxy) is 2. The Hall–Kier alpha value is -7.38. The van der Waals surface area contributed by atoms with Crippen molar-refractivity contribution >= 4 is 56.3 Å². The van der Waals surface area contributed by atoms with Gasteiger partial charge in [-0.25, -0.2) is 15.0 Å². The van der Waals surface area contributed by atoms with E-state index >= 15 is 0 Å². The van der Waals surface area contributed by atoms with Crippen LogP contribution in [-0.4, -0.2) is 87.5 Å². The zero-order valence-corrected chi connectivity index (χ0v) is 37.5. The minimum Gasteiger partial charge on any atom is -0.378 e. The largest absolute Gasteiger partial charge is 0.378 e. The highest BCUT2D eigenvalue weighted by Crippen LogP contribution is 2.41. The second-order valence-corrected chi connectivity index (χ2v) is 16.4. The third-order valence-corrected chi connectivity index (χ3v) is 12.4. The Balaban J connectivity index is 0.000000180.